The van der Waals surface area contributed by atoms with E-state index in [4.69, 9.17) is 11.6 Å². The Morgan fingerprint density at radius 1 is 1.44 bits per heavy atom. The number of carbonyl (C=O) groups is 1. The van der Waals surface area contributed by atoms with E-state index in [0.717, 1.165) is 5.69 Å². The van der Waals surface area contributed by atoms with Crippen molar-refractivity contribution in [3.63, 3.8) is 0 Å². The maximum Gasteiger partial charge on any atom is 0.266 e. The van der Waals surface area contributed by atoms with Crippen LogP contribution < -0.4 is 5.32 Å². The summed E-state index contributed by atoms with van der Waals surface area (Å²) in [7, 11) is 0. The molecule has 0 aliphatic rings. The van der Waals surface area contributed by atoms with Crippen molar-refractivity contribution >= 4 is 34.7 Å². The van der Waals surface area contributed by atoms with Crippen LogP contribution in [-0.2, 0) is 5.41 Å². The zero-order chi connectivity index (χ0) is 13.3. The summed E-state index contributed by atoms with van der Waals surface area (Å²) in [5, 5.41) is 9.72. The number of halogens is 1. The Morgan fingerprint density at radius 2 is 2.17 bits per heavy atom. The Bertz CT molecular complexity index is 568. The van der Waals surface area contributed by atoms with E-state index in [2.05, 4.69) is 36.3 Å². The summed E-state index contributed by atoms with van der Waals surface area (Å²) in [4.78, 5) is 12.4. The minimum absolute atomic E-state index is 0.0256. The molecule has 0 aliphatic heterocycles. The Labute approximate surface area is 114 Å². The predicted octanol–water partition coefficient (Wildman–Crippen LogP) is 3.67. The quantitative estimate of drug-likeness (QED) is 0.883. The van der Waals surface area contributed by atoms with Crippen molar-refractivity contribution in [1.29, 1.82) is 0 Å². The van der Waals surface area contributed by atoms with E-state index in [0.29, 0.717) is 15.0 Å². The van der Waals surface area contributed by atoms with Gasteiger partial charge in [0.2, 0.25) is 0 Å². The van der Waals surface area contributed by atoms with Crippen molar-refractivity contribution in [2.45, 2.75) is 26.2 Å². The minimum Gasteiger partial charge on any atom is -0.304 e. The highest BCUT2D eigenvalue weighted by molar-refractivity contribution is 7.18. The third-order valence-corrected chi connectivity index (χ3v) is 3.65. The van der Waals surface area contributed by atoms with Gasteiger partial charge in [-0.2, -0.15) is 5.10 Å². The third-order valence-electron chi connectivity index (χ3n) is 2.42. The van der Waals surface area contributed by atoms with Crippen molar-refractivity contribution < 1.29 is 4.79 Å². The highest BCUT2D eigenvalue weighted by Gasteiger charge is 2.18. The summed E-state index contributed by atoms with van der Waals surface area (Å²) < 4.78 is 0.595. The first-order valence-corrected chi connectivity index (χ1v) is 6.68. The predicted molar refractivity (Wildman–Crippen MR) is 74.6 cm³/mol. The number of amides is 1. The molecule has 0 bridgehead atoms. The van der Waals surface area contributed by atoms with Crippen LogP contribution in [0.2, 0.25) is 4.34 Å². The van der Waals surface area contributed by atoms with Gasteiger partial charge in [0.25, 0.3) is 5.91 Å². The molecule has 0 unspecified atom stereocenters. The number of aromatic amines is 1. The molecule has 2 N–H and O–H groups in total. The zero-order valence-corrected chi connectivity index (χ0v) is 11.9. The van der Waals surface area contributed by atoms with E-state index in [1.54, 1.807) is 12.1 Å². The van der Waals surface area contributed by atoms with Crippen LogP contribution in [-0.4, -0.2) is 16.1 Å². The molecule has 2 aromatic heterocycles. The second-order valence-electron chi connectivity index (χ2n) is 4.97. The van der Waals surface area contributed by atoms with Gasteiger partial charge in [-0.15, -0.1) is 11.3 Å². The molecule has 0 fully saturated rings. The fourth-order valence-corrected chi connectivity index (χ4v) is 2.32. The number of thiophene rings is 1. The molecule has 0 spiro atoms. The third kappa shape index (κ3) is 2.91. The molecule has 0 saturated carbocycles. The number of anilines is 1. The summed E-state index contributed by atoms with van der Waals surface area (Å²) >= 11 is 7.03. The molecule has 0 saturated heterocycles. The second kappa shape index (κ2) is 4.74. The highest BCUT2D eigenvalue weighted by Crippen LogP contribution is 2.24. The van der Waals surface area contributed by atoms with Gasteiger partial charge in [0.05, 0.1) is 9.21 Å². The molecule has 0 atom stereocenters. The van der Waals surface area contributed by atoms with Crippen molar-refractivity contribution in [2.75, 3.05) is 5.32 Å². The lowest BCUT2D eigenvalue weighted by atomic mass is 9.92. The molecule has 18 heavy (non-hydrogen) atoms. The first kappa shape index (κ1) is 13.1. The Hall–Kier alpha value is -1.33. The van der Waals surface area contributed by atoms with Crippen LogP contribution in [0, 0.1) is 0 Å². The number of aromatic nitrogens is 2. The average molecular weight is 284 g/mol. The standard InChI is InChI=1S/C12H14ClN3OS/c1-12(2,3)8-6-10(16-15-8)14-11(17)7-4-5-9(13)18-7/h4-6H,1-3H3,(H2,14,15,16,17). The second-order valence-corrected chi connectivity index (χ2v) is 6.69. The molecule has 4 nitrogen and oxygen atoms in total. The molecule has 0 aliphatic carbocycles. The van der Waals surface area contributed by atoms with Crippen molar-refractivity contribution in [3.8, 4) is 0 Å². The van der Waals surface area contributed by atoms with Crippen LogP contribution in [0.3, 0.4) is 0 Å². The van der Waals surface area contributed by atoms with Crippen LogP contribution >= 0.6 is 22.9 Å². The lowest BCUT2D eigenvalue weighted by Gasteiger charge is -2.14. The van der Waals surface area contributed by atoms with E-state index in [-0.39, 0.29) is 11.3 Å². The van der Waals surface area contributed by atoms with E-state index < -0.39 is 0 Å². The van der Waals surface area contributed by atoms with Crippen LogP contribution in [0.25, 0.3) is 0 Å². The molecule has 2 rings (SSSR count). The summed E-state index contributed by atoms with van der Waals surface area (Å²) in [5.74, 6) is 0.327. The van der Waals surface area contributed by atoms with Gasteiger partial charge in [0.15, 0.2) is 5.82 Å². The van der Waals surface area contributed by atoms with Crippen LogP contribution in [0.15, 0.2) is 18.2 Å². The Balaban J connectivity index is 2.10. The number of carbonyl (C=O) groups excluding carboxylic acids is 1. The van der Waals surface area contributed by atoms with E-state index in [9.17, 15) is 4.79 Å². The van der Waals surface area contributed by atoms with Gasteiger partial charge in [0, 0.05) is 17.2 Å². The Morgan fingerprint density at radius 3 is 2.67 bits per heavy atom. The van der Waals surface area contributed by atoms with Crippen LogP contribution in [0.1, 0.15) is 36.1 Å². The first-order valence-electron chi connectivity index (χ1n) is 5.49. The summed E-state index contributed by atoms with van der Waals surface area (Å²) in [6.45, 7) is 6.22. The monoisotopic (exact) mass is 283 g/mol. The zero-order valence-electron chi connectivity index (χ0n) is 10.4. The maximum atomic E-state index is 11.9. The lowest BCUT2D eigenvalue weighted by molar-refractivity contribution is 0.103. The van der Waals surface area contributed by atoms with Crippen LogP contribution in [0.4, 0.5) is 5.82 Å². The Kier molecular flexibility index (Phi) is 3.45. The number of nitrogens with one attached hydrogen (secondary N) is 2. The molecule has 2 aromatic rings. The fourth-order valence-electron chi connectivity index (χ4n) is 1.38. The minimum atomic E-state index is -0.196. The number of hydrogen-bond donors (Lipinski definition) is 2. The molecule has 0 aromatic carbocycles. The number of rotatable bonds is 2. The SMILES string of the molecule is CC(C)(C)c1cc(NC(=O)c2ccc(Cl)s2)n[nH]1. The lowest BCUT2D eigenvalue weighted by Crippen LogP contribution is -2.11. The molecule has 96 valence electrons. The van der Waals surface area contributed by atoms with Crippen molar-refractivity contribution in [2.24, 2.45) is 0 Å². The molecule has 1 amide bonds. The van der Waals surface area contributed by atoms with E-state index in [1.807, 2.05) is 6.07 Å². The largest absolute Gasteiger partial charge is 0.304 e. The summed E-state index contributed by atoms with van der Waals surface area (Å²) in [6.07, 6.45) is 0. The maximum absolute atomic E-state index is 11.9. The molecular formula is C12H14ClN3OS. The first-order chi connectivity index (χ1) is 8.36. The normalized spacial score (nSPS) is 11.6. The topological polar surface area (TPSA) is 57.8 Å². The van der Waals surface area contributed by atoms with Crippen LogP contribution in [0.5, 0.6) is 0 Å². The van der Waals surface area contributed by atoms with Gasteiger partial charge < -0.3 is 5.32 Å². The molecule has 6 heteroatoms. The number of nitrogens with zero attached hydrogens (tertiary/aromatic N) is 1. The van der Waals surface area contributed by atoms with E-state index in [1.165, 1.54) is 11.3 Å². The number of H-pyrrole nitrogens is 1. The van der Waals surface area contributed by atoms with E-state index >= 15 is 0 Å². The van der Waals surface area contributed by atoms with Gasteiger partial charge in [-0.25, -0.2) is 0 Å². The summed E-state index contributed by atoms with van der Waals surface area (Å²) in [5.41, 5.74) is 0.949. The van der Waals surface area contributed by atoms with Gasteiger partial charge in [-0.1, -0.05) is 32.4 Å². The van der Waals surface area contributed by atoms with Crippen molar-refractivity contribution in [3.05, 3.63) is 33.1 Å². The molecular weight excluding hydrogens is 270 g/mol. The van der Waals surface area contributed by atoms with Crippen molar-refractivity contribution in [1.82, 2.24) is 10.2 Å². The highest BCUT2D eigenvalue weighted by atomic mass is 35.5. The van der Waals surface area contributed by atoms with Gasteiger partial charge in [-0.3, -0.25) is 9.89 Å². The smallest absolute Gasteiger partial charge is 0.266 e. The summed E-state index contributed by atoms with van der Waals surface area (Å²) in [6, 6.07) is 5.24. The average Bonchev–Trinajstić information content (AvgIpc) is 2.85. The van der Waals surface area contributed by atoms with Gasteiger partial charge in [-0.05, 0) is 12.1 Å². The number of hydrogen-bond acceptors (Lipinski definition) is 3. The fraction of sp³-hybridized carbons (Fsp3) is 0.333. The molecule has 0 radical (unpaired) electrons. The van der Waals surface area contributed by atoms with Gasteiger partial charge in [0.1, 0.15) is 0 Å². The van der Waals surface area contributed by atoms with Gasteiger partial charge >= 0.3 is 0 Å². The molecule has 2 heterocycles.